The molecule has 0 amide bonds. The summed E-state index contributed by atoms with van der Waals surface area (Å²) < 4.78 is 46.7. The molecule has 5 fully saturated rings. The largest absolute Gasteiger partial charge is 0.490 e. The van der Waals surface area contributed by atoms with Crippen LogP contribution in [0.3, 0.4) is 0 Å². The summed E-state index contributed by atoms with van der Waals surface area (Å²) in [6.07, 6.45) is 10.0. The first kappa shape index (κ1) is 32.7. The number of alkyl halides is 1. The number of benzene rings is 1. The van der Waals surface area contributed by atoms with Crippen LogP contribution < -0.4 is 4.74 Å². The van der Waals surface area contributed by atoms with E-state index in [2.05, 4.69) is 46.8 Å². The summed E-state index contributed by atoms with van der Waals surface area (Å²) in [6, 6.07) is 4.35. The van der Waals surface area contributed by atoms with Crippen LogP contribution in [-0.2, 0) is 37.0 Å². The Balaban J connectivity index is 1.23. The average molecular weight is 603 g/mol. The molecule has 7 heteroatoms. The van der Waals surface area contributed by atoms with E-state index in [1.165, 1.54) is 18.9 Å². The van der Waals surface area contributed by atoms with Gasteiger partial charge in [-0.1, -0.05) is 24.6 Å². The van der Waals surface area contributed by atoms with Crippen molar-refractivity contribution in [1.82, 2.24) is 0 Å². The minimum atomic E-state index is -1.94. The van der Waals surface area contributed by atoms with Crippen molar-refractivity contribution in [2.75, 3.05) is 0 Å². The number of hydrogen-bond donors (Lipinski definition) is 0. The summed E-state index contributed by atoms with van der Waals surface area (Å²) in [6.45, 7) is 14.4. The number of halogens is 1. The molecular weight excluding hydrogens is 547 g/mol. The van der Waals surface area contributed by atoms with Gasteiger partial charge in [0.25, 0.3) is 0 Å². The first-order chi connectivity index (χ1) is 20.3. The third-order valence-electron chi connectivity index (χ3n) is 10.2. The van der Waals surface area contributed by atoms with Crippen LogP contribution in [0.25, 0.3) is 0 Å². The van der Waals surface area contributed by atoms with E-state index in [1.807, 2.05) is 0 Å². The Hall–Kier alpha value is -1.70. The maximum atomic E-state index is 14.9. The van der Waals surface area contributed by atoms with Crippen molar-refractivity contribution in [1.29, 1.82) is 0 Å². The molecule has 0 radical (unpaired) electrons. The van der Waals surface area contributed by atoms with E-state index < -0.39 is 17.2 Å². The van der Waals surface area contributed by atoms with Gasteiger partial charge in [-0.05, 0) is 118 Å². The Morgan fingerprint density at radius 3 is 1.93 bits per heavy atom. The molecular formula is C36H55FO6. The molecule has 3 atom stereocenters. The van der Waals surface area contributed by atoms with Crippen molar-refractivity contribution in [3.05, 3.63) is 28.8 Å². The minimum Gasteiger partial charge on any atom is -0.490 e. The van der Waals surface area contributed by atoms with E-state index in [4.69, 9.17) is 23.7 Å². The van der Waals surface area contributed by atoms with Crippen molar-refractivity contribution in [3.8, 4) is 5.75 Å². The number of rotatable bonds is 13. The smallest absolute Gasteiger partial charge is 0.344 e. The van der Waals surface area contributed by atoms with Gasteiger partial charge in [0.2, 0.25) is 5.67 Å². The lowest BCUT2D eigenvalue weighted by Gasteiger charge is -2.61. The van der Waals surface area contributed by atoms with Gasteiger partial charge < -0.3 is 23.7 Å². The lowest BCUT2D eigenvalue weighted by atomic mass is 9.52. The molecule has 5 saturated carbocycles. The molecule has 5 aliphatic carbocycles. The zero-order valence-corrected chi connectivity index (χ0v) is 27.6. The molecule has 6 rings (SSSR count). The third-order valence-corrected chi connectivity index (χ3v) is 10.2. The first-order valence-corrected chi connectivity index (χ1v) is 16.9. The summed E-state index contributed by atoms with van der Waals surface area (Å²) in [7, 11) is 0. The fourth-order valence-electron chi connectivity index (χ4n) is 8.40. The van der Waals surface area contributed by atoms with Crippen LogP contribution in [0.5, 0.6) is 5.75 Å². The second-order valence-corrected chi connectivity index (χ2v) is 15.0. The van der Waals surface area contributed by atoms with Crippen LogP contribution in [0.2, 0.25) is 0 Å². The SMILES string of the molecule is CCC(C)(F)C(=O)OC12CC3CC(C1)CC(OC1CCC(Oc4c(COC(C)C)cc(C)cc4COC(C)C)CC1)(C3)C2. The summed E-state index contributed by atoms with van der Waals surface area (Å²) >= 11 is 0. The fourth-order valence-corrected chi connectivity index (χ4v) is 8.40. The maximum absolute atomic E-state index is 14.9. The van der Waals surface area contributed by atoms with Crippen LogP contribution in [0.4, 0.5) is 4.39 Å². The number of carbonyl (C=O) groups is 1. The van der Waals surface area contributed by atoms with Gasteiger partial charge in [0.1, 0.15) is 11.4 Å². The van der Waals surface area contributed by atoms with Gasteiger partial charge >= 0.3 is 5.97 Å². The quantitative estimate of drug-likeness (QED) is 0.212. The van der Waals surface area contributed by atoms with E-state index in [-0.39, 0.29) is 36.4 Å². The summed E-state index contributed by atoms with van der Waals surface area (Å²) in [4.78, 5) is 12.8. The molecule has 3 unspecified atom stereocenters. The highest BCUT2D eigenvalue weighted by Crippen LogP contribution is 2.61. The van der Waals surface area contributed by atoms with Crippen molar-refractivity contribution < 1.29 is 32.9 Å². The number of carbonyl (C=O) groups excluding carboxylic acids is 1. The van der Waals surface area contributed by atoms with Gasteiger partial charge in [-0.2, -0.15) is 0 Å². The van der Waals surface area contributed by atoms with Gasteiger partial charge in [0.05, 0.1) is 43.2 Å². The molecule has 4 bridgehead atoms. The normalized spacial score (nSPS) is 33.2. The second-order valence-electron chi connectivity index (χ2n) is 15.0. The number of esters is 1. The molecule has 0 aromatic heterocycles. The van der Waals surface area contributed by atoms with E-state index in [0.29, 0.717) is 31.5 Å². The van der Waals surface area contributed by atoms with Gasteiger partial charge in [-0.15, -0.1) is 0 Å². The van der Waals surface area contributed by atoms with Crippen LogP contribution in [0, 0.1) is 18.8 Å². The third kappa shape index (κ3) is 7.76. The van der Waals surface area contributed by atoms with Crippen molar-refractivity contribution in [2.45, 2.75) is 174 Å². The Morgan fingerprint density at radius 2 is 1.42 bits per heavy atom. The van der Waals surface area contributed by atoms with Crippen LogP contribution >= 0.6 is 0 Å². The molecule has 0 saturated heterocycles. The predicted molar refractivity (Wildman–Crippen MR) is 165 cm³/mol. The topological polar surface area (TPSA) is 63.2 Å². The molecule has 6 nitrogen and oxygen atoms in total. The number of aryl methyl sites for hydroxylation is 1. The monoisotopic (exact) mass is 602 g/mol. The molecule has 242 valence electrons. The zero-order chi connectivity index (χ0) is 31.0. The summed E-state index contributed by atoms with van der Waals surface area (Å²) in [5.74, 6) is 1.19. The molecule has 1 aromatic carbocycles. The van der Waals surface area contributed by atoms with Gasteiger partial charge in [0, 0.05) is 17.5 Å². The van der Waals surface area contributed by atoms with E-state index in [1.54, 1.807) is 6.92 Å². The average Bonchev–Trinajstić information content (AvgIpc) is 2.91. The van der Waals surface area contributed by atoms with Crippen molar-refractivity contribution in [3.63, 3.8) is 0 Å². The zero-order valence-electron chi connectivity index (χ0n) is 27.6. The minimum absolute atomic E-state index is 0.109. The molecule has 1 aromatic rings. The van der Waals surface area contributed by atoms with Crippen molar-refractivity contribution >= 4 is 5.97 Å². The molecule has 0 heterocycles. The van der Waals surface area contributed by atoms with E-state index in [9.17, 15) is 9.18 Å². The number of hydrogen-bond acceptors (Lipinski definition) is 6. The Bertz CT molecular complexity index is 1070. The molecule has 43 heavy (non-hydrogen) atoms. The second kappa shape index (κ2) is 13.0. The lowest BCUT2D eigenvalue weighted by molar-refractivity contribution is -0.252. The van der Waals surface area contributed by atoms with Crippen molar-refractivity contribution in [2.24, 2.45) is 11.8 Å². The summed E-state index contributed by atoms with van der Waals surface area (Å²) in [5.41, 5.74) is 0.568. The lowest BCUT2D eigenvalue weighted by Crippen LogP contribution is -2.62. The van der Waals surface area contributed by atoms with E-state index in [0.717, 1.165) is 68.2 Å². The highest BCUT2D eigenvalue weighted by Gasteiger charge is 2.61. The maximum Gasteiger partial charge on any atom is 0.344 e. The van der Waals surface area contributed by atoms with Gasteiger partial charge in [0.15, 0.2) is 0 Å². The molecule has 0 aliphatic heterocycles. The Labute approximate surface area is 258 Å². The van der Waals surface area contributed by atoms with Gasteiger partial charge in [-0.25, -0.2) is 9.18 Å². The Morgan fingerprint density at radius 1 is 0.907 bits per heavy atom. The molecule has 5 aliphatic rings. The predicted octanol–water partition coefficient (Wildman–Crippen LogP) is 8.32. The highest BCUT2D eigenvalue weighted by atomic mass is 19.1. The Kier molecular flexibility index (Phi) is 9.85. The highest BCUT2D eigenvalue weighted by molar-refractivity contribution is 5.79. The standard InChI is InChI=1S/C36H55FO6/c1-8-34(7,37)33(38)43-36-18-26-15-27(19-36)17-35(16-26,22-36)42-31-11-9-30(10-12-31)41-32-28(20-39-23(2)3)13-25(6)14-29(32)21-40-24(4)5/h13-14,23-24,26-27,30-31H,8-12,15-22H2,1-7H3. The fraction of sp³-hybridized carbons (Fsp3) is 0.806. The summed E-state index contributed by atoms with van der Waals surface area (Å²) in [5, 5.41) is 0. The number of ether oxygens (including phenoxy) is 5. The van der Waals surface area contributed by atoms with E-state index >= 15 is 0 Å². The van der Waals surface area contributed by atoms with Crippen LogP contribution in [0.15, 0.2) is 12.1 Å². The molecule has 0 spiro atoms. The molecule has 0 N–H and O–H groups in total. The first-order valence-electron chi connectivity index (χ1n) is 16.9. The van der Waals surface area contributed by atoms with Gasteiger partial charge in [-0.3, -0.25) is 0 Å². The van der Waals surface area contributed by atoms with Crippen LogP contribution in [-0.4, -0.2) is 47.3 Å². The van der Waals surface area contributed by atoms with Crippen LogP contribution in [0.1, 0.15) is 129 Å².